The van der Waals surface area contributed by atoms with E-state index in [1.54, 1.807) is 12.1 Å². The van der Waals surface area contributed by atoms with E-state index in [2.05, 4.69) is 19.2 Å². The summed E-state index contributed by atoms with van der Waals surface area (Å²) in [6.45, 7) is 4.27. The molecule has 0 bridgehead atoms. The average Bonchev–Trinajstić information content (AvgIpc) is 2.26. The SMILES string of the molecule is CC1(C)CCC[C@@H](C(O)c2cccc(F)c2)N1. The summed E-state index contributed by atoms with van der Waals surface area (Å²) in [5.74, 6) is -0.295. The van der Waals surface area contributed by atoms with E-state index < -0.39 is 6.10 Å². The molecule has 1 aromatic carbocycles. The number of hydrogen-bond acceptors (Lipinski definition) is 2. The third-order valence-electron chi connectivity index (χ3n) is 3.46. The highest BCUT2D eigenvalue weighted by atomic mass is 19.1. The first kappa shape index (κ1) is 12.5. The summed E-state index contributed by atoms with van der Waals surface area (Å²) in [7, 11) is 0. The maximum atomic E-state index is 13.1. The number of hydrogen-bond donors (Lipinski definition) is 2. The van der Waals surface area contributed by atoms with Gasteiger partial charge in [-0.25, -0.2) is 4.39 Å². The Morgan fingerprint density at radius 3 is 2.88 bits per heavy atom. The largest absolute Gasteiger partial charge is 0.387 e. The molecule has 1 aromatic rings. The van der Waals surface area contributed by atoms with Crippen LogP contribution in [-0.2, 0) is 0 Å². The van der Waals surface area contributed by atoms with Crippen LogP contribution < -0.4 is 5.32 Å². The third kappa shape index (κ3) is 3.05. The molecule has 0 aromatic heterocycles. The van der Waals surface area contributed by atoms with Crippen molar-refractivity contribution in [3.8, 4) is 0 Å². The molecule has 1 saturated heterocycles. The van der Waals surface area contributed by atoms with Gasteiger partial charge < -0.3 is 10.4 Å². The Bertz CT molecular complexity index is 392. The number of aliphatic hydroxyl groups excluding tert-OH is 1. The fraction of sp³-hybridized carbons (Fsp3) is 0.571. The summed E-state index contributed by atoms with van der Waals surface area (Å²) < 4.78 is 13.1. The van der Waals surface area contributed by atoms with E-state index in [1.807, 2.05) is 0 Å². The van der Waals surface area contributed by atoms with Crippen molar-refractivity contribution in [1.82, 2.24) is 5.32 Å². The zero-order valence-corrected chi connectivity index (χ0v) is 10.4. The number of piperidine rings is 1. The molecular formula is C14H20FNO. The molecule has 0 saturated carbocycles. The minimum Gasteiger partial charge on any atom is -0.387 e. The van der Waals surface area contributed by atoms with Crippen LogP contribution in [0.15, 0.2) is 24.3 Å². The van der Waals surface area contributed by atoms with Gasteiger partial charge in [0.1, 0.15) is 5.82 Å². The Labute approximate surface area is 102 Å². The van der Waals surface area contributed by atoms with E-state index in [0.29, 0.717) is 5.56 Å². The van der Waals surface area contributed by atoms with Crippen molar-refractivity contribution in [2.24, 2.45) is 0 Å². The Hall–Kier alpha value is -0.930. The maximum Gasteiger partial charge on any atom is 0.123 e. The number of benzene rings is 1. The Kier molecular flexibility index (Phi) is 3.50. The van der Waals surface area contributed by atoms with Crippen LogP contribution >= 0.6 is 0 Å². The lowest BCUT2D eigenvalue weighted by Crippen LogP contribution is -2.51. The van der Waals surface area contributed by atoms with Crippen LogP contribution in [0.25, 0.3) is 0 Å². The molecule has 1 fully saturated rings. The topological polar surface area (TPSA) is 32.3 Å². The summed E-state index contributed by atoms with van der Waals surface area (Å²) in [5.41, 5.74) is 0.706. The van der Waals surface area contributed by atoms with Gasteiger partial charge in [0.2, 0.25) is 0 Å². The summed E-state index contributed by atoms with van der Waals surface area (Å²) in [5, 5.41) is 13.7. The Morgan fingerprint density at radius 2 is 2.24 bits per heavy atom. The first-order chi connectivity index (χ1) is 7.98. The highest BCUT2D eigenvalue weighted by Crippen LogP contribution is 2.29. The standard InChI is InChI=1S/C14H20FNO/c1-14(2)8-4-7-12(16-14)13(17)10-5-3-6-11(15)9-10/h3,5-6,9,12-13,16-17H,4,7-8H2,1-2H3/t12-,13?/m0/s1. The quantitative estimate of drug-likeness (QED) is 0.829. The van der Waals surface area contributed by atoms with Crippen molar-refractivity contribution in [3.05, 3.63) is 35.6 Å². The van der Waals surface area contributed by atoms with Crippen LogP contribution in [0.2, 0.25) is 0 Å². The van der Waals surface area contributed by atoms with Gasteiger partial charge in [0.15, 0.2) is 0 Å². The van der Waals surface area contributed by atoms with Crippen LogP contribution in [0.4, 0.5) is 4.39 Å². The zero-order valence-electron chi connectivity index (χ0n) is 10.4. The number of nitrogens with one attached hydrogen (secondary N) is 1. The van der Waals surface area contributed by atoms with Gasteiger partial charge in [0.05, 0.1) is 6.10 Å². The summed E-state index contributed by atoms with van der Waals surface area (Å²) in [6, 6.07) is 6.24. The van der Waals surface area contributed by atoms with Crippen molar-refractivity contribution < 1.29 is 9.50 Å². The van der Waals surface area contributed by atoms with E-state index in [4.69, 9.17) is 0 Å². The van der Waals surface area contributed by atoms with E-state index >= 15 is 0 Å². The second kappa shape index (κ2) is 4.75. The van der Waals surface area contributed by atoms with Crippen molar-refractivity contribution in [3.63, 3.8) is 0 Å². The van der Waals surface area contributed by atoms with Gasteiger partial charge in [0.25, 0.3) is 0 Å². The van der Waals surface area contributed by atoms with Crippen LogP contribution in [0, 0.1) is 5.82 Å². The van der Waals surface area contributed by atoms with Crippen molar-refractivity contribution in [2.45, 2.75) is 50.8 Å². The molecule has 0 spiro atoms. The van der Waals surface area contributed by atoms with Gasteiger partial charge in [-0.05, 0) is 50.8 Å². The average molecular weight is 237 g/mol. The minimum atomic E-state index is -0.634. The summed E-state index contributed by atoms with van der Waals surface area (Å²) >= 11 is 0. The molecule has 0 amide bonds. The van der Waals surface area contributed by atoms with Crippen molar-refractivity contribution in [2.75, 3.05) is 0 Å². The van der Waals surface area contributed by atoms with E-state index in [9.17, 15) is 9.50 Å². The monoisotopic (exact) mass is 237 g/mol. The van der Waals surface area contributed by atoms with E-state index in [0.717, 1.165) is 19.3 Å². The molecule has 0 radical (unpaired) electrons. The molecule has 1 heterocycles. The Morgan fingerprint density at radius 1 is 1.47 bits per heavy atom. The van der Waals surface area contributed by atoms with E-state index in [-0.39, 0.29) is 17.4 Å². The molecule has 0 aliphatic carbocycles. The molecule has 2 rings (SSSR count). The molecule has 94 valence electrons. The van der Waals surface area contributed by atoms with Crippen LogP contribution in [-0.4, -0.2) is 16.7 Å². The first-order valence-corrected chi connectivity index (χ1v) is 6.19. The van der Waals surface area contributed by atoms with E-state index in [1.165, 1.54) is 12.1 Å². The van der Waals surface area contributed by atoms with Gasteiger partial charge in [-0.3, -0.25) is 0 Å². The first-order valence-electron chi connectivity index (χ1n) is 6.19. The maximum absolute atomic E-state index is 13.1. The van der Waals surface area contributed by atoms with Gasteiger partial charge >= 0.3 is 0 Å². The highest BCUT2D eigenvalue weighted by molar-refractivity contribution is 5.20. The number of aliphatic hydroxyl groups is 1. The molecule has 2 N–H and O–H groups in total. The molecule has 1 aliphatic heterocycles. The number of halogens is 1. The van der Waals surface area contributed by atoms with Crippen molar-refractivity contribution in [1.29, 1.82) is 0 Å². The zero-order chi connectivity index (χ0) is 12.5. The van der Waals surface area contributed by atoms with Crippen LogP contribution in [0.1, 0.15) is 44.8 Å². The lowest BCUT2D eigenvalue weighted by atomic mass is 9.85. The van der Waals surface area contributed by atoms with Crippen molar-refractivity contribution >= 4 is 0 Å². The molecule has 1 unspecified atom stereocenters. The molecule has 17 heavy (non-hydrogen) atoms. The van der Waals surface area contributed by atoms with Crippen LogP contribution in [0.3, 0.4) is 0 Å². The highest BCUT2D eigenvalue weighted by Gasteiger charge is 2.31. The van der Waals surface area contributed by atoms with Gasteiger partial charge in [0, 0.05) is 11.6 Å². The predicted molar refractivity (Wildman–Crippen MR) is 66.2 cm³/mol. The fourth-order valence-electron chi connectivity index (χ4n) is 2.57. The lowest BCUT2D eigenvalue weighted by molar-refractivity contribution is 0.0842. The fourth-order valence-corrected chi connectivity index (χ4v) is 2.57. The molecule has 2 atom stereocenters. The summed E-state index contributed by atoms with van der Waals surface area (Å²) in [6.07, 6.45) is 2.50. The Balaban J connectivity index is 2.12. The minimum absolute atomic E-state index is 0.0144. The lowest BCUT2D eigenvalue weighted by Gasteiger charge is -2.39. The van der Waals surface area contributed by atoms with Crippen LogP contribution in [0.5, 0.6) is 0 Å². The van der Waals surface area contributed by atoms with Gasteiger partial charge in [-0.1, -0.05) is 12.1 Å². The van der Waals surface area contributed by atoms with Gasteiger partial charge in [-0.15, -0.1) is 0 Å². The molecule has 2 nitrogen and oxygen atoms in total. The predicted octanol–water partition coefficient (Wildman–Crippen LogP) is 2.78. The molecular weight excluding hydrogens is 217 g/mol. The molecule has 3 heteroatoms. The normalized spacial score (nSPS) is 25.5. The summed E-state index contributed by atoms with van der Waals surface area (Å²) in [4.78, 5) is 0. The third-order valence-corrected chi connectivity index (χ3v) is 3.46. The second-order valence-electron chi connectivity index (χ2n) is 5.53. The van der Waals surface area contributed by atoms with Gasteiger partial charge in [-0.2, -0.15) is 0 Å². The second-order valence-corrected chi connectivity index (χ2v) is 5.53. The smallest absolute Gasteiger partial charge is 0.123 e. The molecule has 1 aliphatic rings. The number of rotatable bonds is 2.